The van der Waals surface area contributed by atoms with Gasteiger partial charge in [-0.2, -0.15) is 5.26 Å². The van der Waals surface area contributed by atoms with E-state index in [4.69, 9.17) is 0 Å². The Labute approximate surface area is 213 Å². The van der Waals surface area contributed by atoms with Gasteiger partial charge in [0.1, 0.15) is 5.78 Å². The second-order valence-corrected chi connectivity index (χ2v) is 11.2. The van der Waals surface area contributed by atoms with Gasteiger partial charge in [-0.15, -0.1) is 0 Å². The lowest BCUT2D eigenvalue weighted by Crippen LogP contribution is -2.38. The third-order valence-electron chi connectivity index (χ3n) is 9.02. The van der Waals surface area contributed by atoms with Crippen LogP contribution in [-0.2, 0) is 11.2 Å². The normalized spacial score (nSPS) is 26.9. The molecule has 0 radical (unpaired) electrons. The predicted molar refractivity (Wildman–Crippen MR) is 145 cm³/mol. The van der Waals surface area contributed by atoms with Crippen molar-refractivity contribution in [3.63, 3.8) is 0 Å². The molecule has 0 spiro atoms. The molecule has 0 aliphatic heterocycles. The van der Waals surface area contributed by atoms with Crippen molar-refractivity contribution in [3.05, 3.63) is 59.7 Å². The first-order valence-corrected chi connectivity index (χ1v) is 14.2. The van der Waals surface area contributed by atoms with E-state index in [0.29, 0.717) is 18.1 Å². The number of hydrogen-bond acceptors (Lipinski definition) is 2. The van der Waals surface area contributed by atoms with Crippen molar-refractivity contribution < 1.29 is 4.79 Å². The minimum Gasteiger partial charge on any atom is -0.299 e. The van der Waals surface area contributed by atoms with Crippen LogP contribution in [0, 0.1) is 28.6 Å². The fourth-order valence-corrected chi connectivity index (χ4v) is 6.67. The third-order valence-corrected chi connectivity index (χ3v) is 9.02. The molecule has 2 nitrogen and oxygen atoms in total. The summed E-state index contributed by atoms with van der Waals surface area (Å²) in [5, 5.41) is 10.2. The first-order valence-electron chi connectivity index (χ1n) is 14.2. The smallest absolute Gasteiger partial charge is 0.136 e. The fourth-order valence-electron chi connectivity index (χ4n) is 6.67. The Balaban J connectivity index is 1.34. The van der Waals surface area contributed by atoms with Gasteiger partial charge in [0.2, 0.25) is 0 Å². The largest absolute Gasteiger partial charge is 0.299 e. The van der Waals surface area contributed by atoms with Crippen LogP contribution in [0.15, 0.2) is 48.5 Å². The molecule has 1 unspecified atom stereocenters. The zero-order valence-electron chi connectivity index (χ0n) is 21.9. The number of nitrogens with zero attached hydrogens (tertiary/aromatic N) is 1. The number of nitriles is 1. The average Bonchev–Trinajstić information content (AvgIpc) is 2.91. The number of aryl methyl sites for hydroxylation is 1. The molecule has 0 aromatic heterocycles. The number of Topliss-reactive ketones (excluding diaryl/α,β-unsaturated/α-hetero) is 1. The van der Waals surface area contributed by atoms with E-state index in [2.05, 4.69) is 68.4 Å². The van der Waals surface area contributed by atoms with Gasteiger partial charge in [0.15, 0.2) is 0 Å². The van der Waals surface area contributed by atoms with Crippen molar-refractivity contribution in [2.45, 2.75) is 103 Å². The molecule has 2 aromatic rings. The van der Waals surface area contributed by atoms with Crippen LogP contribution in [0.5, 0.6) is 0 Å². The number of hydrogen-bond donors (Lipinski definition) is 0. The van der Waals surface area contributed by atoms with Gasteiger partial charge in [-0.3, -0.25) is 4.79 Å². The van der Waals surface area contributed by atoms with E-state index in [1.165, 1.54) is 47.9 Å². The van der Waals surface area contributed by atoms with Crippen molar-refractivity contribution in [1.82, 2.24) is 0 Å². The molecule has 2 aliphatic carbocycles. The zero-order chi connectivity index (χ0) is 24.7. The summed E-state index contributed by atoms with van der Waals surface area (Å²) in [5.74, 6) is 1.46. The minimum atomic E-state index is -0.290. The molecule has 4 rings (SSSR count). The first-order chi connectivity index (χ1) is 17.1. The van der Waals surface area contributed by atoms with Gasteiger partial charge in [0.05, 0.1) is 11.5 Å². The Kier molecular flexibility index (Phi) is 8.83. The van der Waals surface area contributed by atoms with Gasteiger partial charge in [-0.05, 0) is 91.9 Å². The molecule has 2 aliphatic rings. The number of unbranched alkanes of at least 4 members (excludes halogenated alkanes) is 2. The maximum Gasteiger partial charge on any atom is 0.136 e. The molecule has 2 aromatic carbocycles. The summed E-state index contributed by atoms with van der Waals surface area (Å²) in [6.45, 7) is 4.41. The Hall–Kier alpha value is -2.40. The lowest BCUT2D eigenvalue weighted by atomic mass is 9.59. The molecule has 0 heterocycles. The summed E-state index contributed by atoms with van der Waals surface area (Å²) < 4.78 is 0. The van der Waals surface area contributed by atoms with Gasteiger partial charge in [-0.1, -0.05) is 81.6 Å². The van der Waals surface area contributed by atoms with Crippen LogP contribution < -0.4 is 0 Å². The standard InChI is InChI=1S/C33H43NO/c1-3-5-6-8-25-9-11-26(12-10-25)27-13-15-28(16-14-27)29-19-21-33(24-34,22-20-29)31-18-17-30(7-4-2)32(35)23-31/h9-16,29-31H,3-8,17-23H2,1-2H3/t29?,30-,31?,33?/m1/s1. The summed E-state index contributed by atoms with van der Waals surface area (Å²) in [6.07, 6.45) is 13.8. The lowest BCUT2D eigenvalue weighted by Gasteiger charge is -2.43. The van der Waals surface area contributed by atoms with E-state index >= 15 is 0 Å². The molecule has 0 bridgehead atoms. The summed E-state index contributed by atoms with van der Waals surface area (Å²) in [4.78, 5) is 12.7. The van der Waals surface area contributed by atoms with Crippen LogP contribution in [0.3, 0.4) is 0 Å². The molecular weight excluding hydrogens is 426 g/mol. The van der Waals surface area contributed by atoms with Crippen LogP contribution >= 0.6 is 0 Å². The highest BCUT2D eigenvalue weighted by Gasteiger charge is 2.45. The third kappa shape index (κ3) is 6.06. The van der Waals surface area contributed by atoms with E-state index in [0.717, 1.165) is 51.4 Å². The highest BCUT2D eigenvalue weighted by molar-refractivity contribution is 5.82. The Bertz CT molecular complexity index is 989. The molecule has 2 fully saturated rings. The van der Waals surface area contributed by atoms with E-state index in [1.807, 2.05) is 0 Å². The highest BCUT2D eigenvalue weighted by atomic mass is 16.1. The maximum atomic E-state index is 12.7. The van der Waals surface area contributed by atoms with Crippen LogP contribution in [0.1, 0.15) is 108 Å². The van der Waals surface area contributed by atoms with Gasteiger partial charge < -0.3 is 0 Å². The number of ketones is 1. The van der Waals surface area contributed by atoms with Gasteiger partial charge in [0, 0.05) is 12.3 Å². The van der Waals surface area contributed by atoms with Gasteiger partial charge >= 0.3 is 0 Å². The average molecular weight is 470 g/mol. The predicted octanol–water partition coefficient (Wildman–Crippen LogP) is 9.04. The first kappa shape index (κ1) is 25.7. The number of carbonyl (C=O) groups excluding carboxylic acids is 1. The van der Waals surface area contributed by atoms with Crippen molar-refractivity contribution >= 4 is 5.78 Å². The summed E-state index contributed by atoms with van der Waals surface area (Å²) in [5.41, 5.74) is 5.11. The SMILES string of the molecule is CCCCCc1ccc(-c2ccc(C3CCC(C#N)(C4CC[C@@H](CCC)C(=O)C4)CC3)cc2)cc1. The summed E-state index contributed by atoms with van der Waals surface area (Å²) in [7, 11) is 0. The minimum absolute atomic E-state index is 0.249. The molecular formula is C33H43NO. The molecule has 0 N–H and O–H groups in total. The van der Waals surface area contributed by atoms with E-state index in [1.54, 1.807) is 0 Å². The lowest BCUT2D eigenvalue weighted by molar-refractivity contribution is -0.128. The quantitative estimate of drug-likeness (QED) is 0.344. The second kappa shape index (κ2) is 12.0. The summed E-state index contributed by atoms with van der Waals surface area (Å²) >= 11 is 0. The van der Waals surface area contributed by atoms with Crippen LogP contribution in [-0.4, -0.2) is 5.78 Å². The molecule has 2 saturated carbocycles. The molecule has 0 saturated heterocycles. The number of carbonyl (C=O) groups is 1. The zero-order valence-corrected chi connectivity index (χ0v) is 21.9. The van der Waals surface area contributed by atoms with Crippen molar-refractivity contribution in [2.24, 2.45) is 17.3 Å². The van der Waals surface area contributed by atoms with Crippen molar-refractivity contribution in [2.75, 3.05) is 0 Å². The van der Waals surface area contributed by atoms with Crippen LogP contribution in [0.25, 0.3) is 11.1 Å². The fraction of sp³-hybridized carbons (Fsp3) is 0.576. The van der Waals surface area contributed by atoms with Gasteiger partial charge in [-0.25, -0.2) is 0 Å². The monoisotopic (exact) mass is 469 g/mol. The molecule has 35 heavy (non-hydrogen) atoms. The highest BCUT2D eigenvalue weighted by Crippen LogP contribution is 2.51. The van der Waals surface area contributed by atoms with Crippen molar-refractivity contribution in [3.8, 4) is 17.2 Å². The van der Waals surface area contributed by atoms with Crippen molar-refractivity contribution in [1.29, 1.82) is 5.26 Å². The molecule has 2 heteroatoms. The van der Waals surface area contributed by atoms with E-state index < -0.39 is 0 Å². The van der Waals surface area contributed by atoms with E-state index in [9.17, 15) is 10.1 Å². The maximum absolute atomic E-state index is 12.7. The Morgan fingerprint density at radius 3 is 2.09 bits per heavy atom. The Morgan fingerprint density at radius 2 is 1.51 bits per heavy atom. The van der Waals surface area contributed by atoms with Crippen LogP contribution in [0.4, 0.5) is 0 Å². The number of rotatable bonds is 9. The Morgan fingerprint density at radius 1 is 0.857 bits per heavy atom. The summed E-state index contributed by atoms with van der Waals surface area (Å²) in [6, 6.07) is 20.9. The van der Waals surface area contributed by atoms with Gasteiger partial charge in [0.25, 0.3) is 0 Å². The second-order valence-electron chi connectivity index (χ2n) is 11.2. The molecule has 186 valence electrons. The van der Waals surface area contributed by atoms with Crippen LogP contribution in [0.2, 0.25) is 0 Å². The molecule has 2 atom stereocenters. The molecule has 0 amide bonds. The topological polar surface area (TPSA) is 40.9 Å². The number of benzene rings is 2. The van der Waals surface area contributed by atoms with E-state index in [-0.39, 0.29) is 17.3 Å².